The summed E-state index contributed by atoms with van der Waals surface area (Å²) in [5.41, 5.74) is 4.34. The van der Waals surface area contributed by atoms with E-state index >= 15 is 0 Å². The van der Waals surface area contributed by atoms with E-state index in [2.05, 4.69) is 29.4 Å². The normalized spacial score (nSPS) is 12.0. The Bertz CT molecular complexity index is 891. The van der Waals surface area contributed by atoms with Crippen LogP contribution in [-0.2, 0) is 4.74 Å². The minimum atomic E-state index is -0.360. The summed E-state index contributed by atoms with van der Waals surface area (Å²) in [6.07, 6.45) is 1.59. The number of rotatable bonds is 5. The summed E-state index contributed by atoms with van der Waals surface area (Å²) < 4.78 is 5.22. The number of nitrogens with one attached hydrogen (secondary N) is 1. The molecule has 0 fully saturated rings. The average Bonchev–Trinajstić information content (AvgIpc) is 2.63. The molecule has 1 atom stereocenters. The lowest BCUT2D eigenvalue weighted by Gasteiger charge is -2.20. The van der Waals surface area contributed by atoms with Crippen molar-refractivity contribution in [2.24, 2.45) is 0 Å². The van der Waals surface area contributed by atoms with Gasteiger partial charge in [-0.05, 0) is 38.5 Å². The first-order valence-electron chi connectivity index (χ1n) is 8.48. The van der Waals surface area contributed by atoms with Gasteiger partial charge in [0, 0.05) is 17.6 Å². The average molecular weight is 334 g/mol. The maximum atomic E-state index is 12.4. The topological polar surface area (TPSA) is 51.2 Å². The van der Waals surface area contributed by atoms with Gasteiger partial charge in [0.2, 0.25) is 0 Å². The molecule has 1 unspecified atom stereocenters. The number of fused-ring (bicyclic) bond motifs is 1. The molecule has 0 bridgehead atoms. The molecular weight excluding hydrogens is 312 g/mol. The first-order valence-corrected chi connectivity index (χ1v) is 8.48. The van der Waals surface area contributed by atoms with E-state index in [1.54, 1.807) is 13.1 Å². The van der Waals surface area contributed by atoms with E-state index in [1.165, 1.54) is 0 Å². The second kappa shape index (κ2) is 7.34. The summed E-state index contributed by atoms with van der Waals surface area (Å²) in [5.74, 6) is -0.360. The molecule has 4 heteroatoms. The van der Waals surface area contributed by atoms with Gasteiger partial charge in [0.05, 0.1) is 17.8 Å². The van der Waals surface area contributed by atoms with Crippen LogP contribution in [0.5, 0.6) is 0 Å². The minimum absolute atomic E-state index is 0.0421. The Morgan fingerprint density at radius 1 is 1.20 bits per heavy atom. The van der Waals surface area contributed by atoms with Crippen LogP contribution in [0.1, 0.15) is 41.4 Å². The van der Waals surface area contributed by atoms with Gasteiger partial charge >= 0.3 is 5.97 Å². The number of carbonyl (C=O) groups excluding carboxylic acids is 1. The van der Waals surface area contributed by atoms with E-state index in [0.717, 1.165) is 27.7 Å². The summed E-state index contributed by atoms with van der Waals surface area (Å²) in [6.45, 7) is 6.24. The predicted molar refractivity (Wildman–Crippen MR) is 101 cm³/mol. The van der Waals surface area contributed by atoms with Gasteiger partial charge in [0.25, 0.3) is 0 Å². The highest BCUT2D eigenvalue weighted by molar-refractivity contribution is 6.05. The third kappa shape index (κ3) is 3.63. The largest absolute Gasteiger partial charge is 0.462 e. The number of hydrogen-bond donors (Lipinski definition) is 1. The molecule has 3 aromatic rings. The molecule has 4 nitrogen and oxygen atoms in total. The van der Waals surface area contributed by atoms with Crippen molar-refractivity contribution < 1.29 is 9.53 Å². The number of esters is 1. The minimum Gasteiger partial charge on any atom is -0.462 e. The van der Waals surface area contributed by atoms with Gasteiger partial charge in [0.15, 0.2) is 0 Å². The van der Waals surface area contributed by atoms with Crippen LogP contribution in [-0.4, -0.2) is 17.6 Å². The fourth-order valence-electron chi connectivity index (χ4n) is 2.87. The van der Waals surface area contributed by atoms with Crippen molar-refractivity contribution in [2.75, 3.05) is 11.9 Å². The molecule has 0 aliphatic carbocycles. The molecular formula is C21H22N2O2. The molecule has 1 N–H and O–H groups in total. The number of aromatic nitrogens is 1. The molecule has 25 heavy (non-hydrogen) atoms. The monoisotopic (exact) mass is 334 g/mol. The van der Waals surface area contributed by atoms with Crippen LogP contribution in [0, 0.1) is 6.92 Å². The van der Waals surface area contributed by atoms with Gasteiger partial charge < -0.3 is 10.1 Å². The quantitative estimate of drug-likeness (QED) is 0.675. The van der Waals surface area contributed by atoms with Gasteiger partial charge in [-0.25, -0.2) is 4.79 Å². The summed E-state index contributed by atoms with van der Waals surface area (Å²) in [5, 5.41) is 4.42. The molecule has 2 aromatic carbocycles. The lowest BCUT2D eigenvalue weighted by atomic mass is 10.0. The van der Waals surface area contributed by atoms with Crippen molar-refractivity contribution >= 4 is 22.6 Å². The Kier molecular flexibility index (Phi) is 4.98. The Morgan fingerprint density at radius 3 is 2.68 bits per heavy atom. The van der Waals surface area contributed by atoms with Crippen molar-refractivity contribution in [2.45, 2.75) is 26.8 Å². The highest BCUT2D eigenvalue weighted by atomic mass is 16.5. The van der Waals surface area contributed by atoms with Crippen molar-refractivity contribution in [3.05, 3.63) is 71.4 Å². The van der Waals surface area contributed by atoms with Crippen molar-refractivity contribution in [1.29, 1.82) is 0 Å². The number of pyridine rings is 1. The van der Waals surface area contributed by atoms with E-state index in [0.29, 0.717) is 12.2 Å². The van der Waals surface area contributed by atoms with Crippen LogP contribution < -0.4 is 5.32 Å². The maximum absolute atomic E-state index is 12.4. The first kappa shape index (κ1) is 17.0. The van der Waals surface area contributed by atoms with Gasteiger partial charge in [-0.1, -0.05) is 42.0 Å². The zero-order valence-corrected chi connectivity index (χ0v) is 14.7. The van der Waals surface area contributed by atoms with Crippen LogP contribution in [0.3, 0.4) is 0 Å². The zero-order chi connectivity index (χ0) is 17.8. The van der Waals surface area contributed by atoms with Gasteiger partial charge in [-0.2, -0.15) is 0 Å². The van der Waals surface area contributed by atoms with Gasteiger partial charge in [-0.15, -0.1) is 0 Å². The predicted octanol–water partition coefficient (Wildman–Crippen LogP) is 4.89. The SMILES string of the molecule is CCOC(=O)c1cnc2ccc(C)cc2c1NC(C)c1ccccc1. The second-order valence-electron chi connectivity index (χ2n) is 6.06. The number of anilines is 1. The van der Waals surface area contributed by atoms with E-state index in [-0.39, 0.29) is 12.0 Å². The fraction of sp³-hybridized carbons (Fsp3) is 0.238. The fourth-order valence-corrected chi connectivity index (χ4v) is 2.87. The smallest absolute Gasteiger partial charge is 0.341 e. The lowest BCUT2D eigenvalue weighted by molar-refractivity contribution is 0.0527. The second-order valence-corrected chi connectivity index (χ2v) is 6.06. The van der Waals surface area contributed by atoms with Crippen LogP contribution in [0.25, 0.3) is 10.9 Å². The Labute approximate surface area is 147 Å². The number of ether oxygens (including phenoxy) is 1. The van der Waals surface area contributed by atoms with Crippen molar-refractivity contribution in [3.8, 4) is 0 Å². The summed E-state index contributed by atoms with van der Waals surface area (Å²) in [6, 6.07) is 16.2. The molecule has 0 spiro atoms. The van der Waals surface area contributed by atoms with Crippen LogP contribution >= 0.6 is 0 Å². The number of benzene rings is 2. The number of nitrogens with zero attached hydrogens (tertiary/aromatic N) is 1. The molecule has 0 aliphatic heterocycles. The molecule has 0 saturated heterocycles. The molecule has 1 heterocycles. The molecule has 3 rings (SSSR count). The van der Waals surface area contributed by atoms with Crippen molar-refractivity contribution in [1.82, 2.24) is 4.98 Å². The van der Waals surface area contributed by atoms with E-state index in [9.17, 15) is 4.79 Å². The zero-order valence-electron chi connectivity index (χ0n) is 14.7. The highest BCUT2D eigenvalue weighted by Crippen LogP contribution is 2.30. The molecule has 1 aromatic heterocycles. The highest BCUT2D eigenvalue weighted by Gasteiger charge is 2.18. The number of aryl methyl sites for hydroxylation is 1. The molecule has 0 aliphatic rings. The molecule has 0 amide bonds. The first-order chi connectivity index (χ1) is 12.1. The standard InChI is InChI=1S/C21H22N2O2/c1-4-25-21(24)18-13-22-19-11-10-14(2)12-17(19)20(18)23-15(3)16-8-6-5-7-9-16/h5-13,15H,4H2,1-3H3,(H,22,23). The van der Waals surface area contributed by atoms with Crippen LogP contribution in [0.2, 0.25) is 0 Å². The Balaban J connectivity index is 2.10. The van der Waals surface area contributed by atoms with Gasteiger partial charge in [-0.3, -0.25) is 4.98 Å². The Hall–Kier alpha value is -2.88. The summed E-state index contributed by atoms with van der Waals surface area (Å²) >= 11 is 0. The lowest BCUT2D eigenvalue weighted by Crippen LogP contribution is -2.13. The maximum Gasteiger partial charge on any atom is 0.341 e. The summed E-state index contributed by atoms with van der Waals surface area (Å²) in [4.78, 5) is 16.8. The summed E-state index contributed by atoms with van der Waals surface area (Å²) in [7, 11) is 0. The number of hydrogen-bond acceptors (Lipinski definition) is 4. The van der Waals surface area contributed by atoms with E-state index in [1.807, 2.05) is 43.3 Å². The van der Waals surface area contributed by atoms with Crippen molar-refractivity contribution in [3.63, 3.8) is 0 Å². The van der Waals surface area contributed by atoms with E-state index in [4.69, 9.17) is 4.74 Å². The van der Waals surface area contributed by atoms with Crippen LogP contribution in [0.15, 0.2) is 54.7 Å². The molecule has 0 saturated carbocycles. The van der Waals surface area contributed by atoms with Crippen LogP contribution in [0.4, 0.5) is 5.69 Å². The third-order valence-corrected chi connectivity index (χ3v) is 4.18. The molecule has 128 valence electrons. The van der Waals surface area contributed by atoms with E-state index < -0.39 is 0 Å². The third-order valence-electron chi connectivity index (χ3n) is 4.18. The molecule has 0 radical (unpaired) electrons. The Morgan fingerprint density at radius 2 is 1.96 bits per heavy atom. The van der Waals surface area contributed by atoms with Gasteiger partial charge in [0.1, 0.15) is 5.56 Å². The number of carbonyl (C=O) groups is 1.